The Hall–Kier alpha value is -1.15. The van der Waals surface area contributed by atoms with Crippen molar-refractivity contribution >= 4 is 5.91 Å². The SMILES string of the molecule is CCCCCCCCCCCCCCCCCCCCCCC/C=C/CCCC(O)C(O)C(COC1OC(CO)C(O)C(O)C1O)NC(=O)C(O)CCCCCCCCCCCCCCCCCCCCCCCCCCCCCCCCCC. The van der Waals surface area contributed by atoms with Gasteiger partial charge in [0.05, 0.1) is 25.4 Å². The topological polar surface area (TPSA) is 189 Å². The third kappa shape index (κ3) is 50.2. The van der Waals surface area contributed by atoms with Crippen LogP contribution in [-0.4, -0.2) is 110 Å². The molecule has 9 atom stereocenters. The first kappa shape index (κ1) is 81.9. The van der Waals surface area contributed by atoms with E-state index in [-0.39, 0.29) is 12.8 Å². The maximum atomic E-state index is 13.3. The average molecular weight is 1210 g/mol. The minimum absolute atomic E-state index is 0.260. The highest BCUT2D eigenvalue weighted by atomic mass is 16.7. The Bertz CT molecular complexity index is 1390. The van der Waals surface area contributed by atoms with Gasteiger partial charge in [-0.2, -0.15) is 0 Å². The largest absolute Gasteiger partial charge is 0.394 e. The lowest BCUT2D eigenvalue weighted by Crippen LogP contribution is -2.60. The molecule has 1 amide bonds. The van der Waals surface area contributed by atoms with Gasteiger partial charge < -0.3 is 50.5 Å². The number of unbranched alkanes of at least 4 members (excludes halogenated alkanes) is 53. The molecular weight excluding hydrogens is 1060 g/mol. The fourth-order valence-electron chi connectivity index (χ4n) is 12.6. The Balaban J connectivity index is 2.16. The minimum atomic E-state index is -1.67. The number of aliphatic hydroxyl groups excluding tert-OH is 7. The maximum Gasteiger partial charge on any atom is 0.249 e. The van der Waals surface area contributed by atoms with E-state index in [9.17, 15) is 40.5 Å². The predicted octanol–water partition coefficient (Wildman–Crippen LogP) is 18.6. The minimum Gasteiger partial charge on any atom is -0.394 e. The van der Waals surface area contributed by atoms with Crippen LogP contribution in [0.4, 0.5) is 0 Å². The van der Waals surface area contributed by atoms with Crippen LogP contribution >= 0.6 is 0 Å². The van der Waals surface area contributed by atoms with Crippen LogP contribution in [-0.2, 0) is 14.3 Å². The van der Waals surface area contributed by atoms with Gasteiger partial charge >= 0.3 is 0 Å². The summed E-state index contributed by atoms with van der Waals surface area (Å²) in [6.07, 6.45) is 67.5. The van der Waals surface area contributed by atoms with Crippen molar-refractivity contribution in [2.75, 3.05) is 13.2 Å². The summed E-state index contributed by atoms with van der Waals surface area (Å²) < 4.78 is 11.2. The van der Waals surface area contributed by atoms with Crippen molar-refractivity contribution in [1.29, 1.82) is 0 Å². The van der Waals surface area contributed by atoms with Gasteiger partial charge in [-0.15, -0.1) is 0 Å². The summed E-state index contributed by atoms with van der Waals surface area (Å²) in [5.74, 6) is -0.697. The molecule has 1 heterocycles. The van der Waals surface area contributed by atoms with Crippen LogP contribution in [0, 0.1) is 0 Å². The summed E-state index contributed by atoms with van der Waals surface area (Å²) in [6, 6.07) is -1.18. The maximum absolute atomic E-state index is 13.3. The number of hydrogen-bond acceptors (Lipinski definition) is 10. The van der Waals surface area contributed by atoms with Gasteiger partial charge in [0.2, 0.25) is 5.91 Å². The van der Waals surface area contributed by atoms with Crippen LogP contribution in [0.15, 0.2) is 12.2 Å². The number of amides is 1. The van der Waals surface area contributed by atoms with Crippen LogP contribution in [0.1, 0.15) is 386 Å². The highest BCUT2D eigenvalue weighted by Crippen LogP contribution is 2.24. The molecule has 0 aliphatic carbocycles. The summed E-state index contributed by atoms with van der Waals surface area (Å²) in [4.78, 5) is 13.3. The first-order valence-electron chi connectivity index (χ1n) is 37.6. The molecule has 0 aromatic heterocycles. The first-order valence-corrected chi connectivity index (χ1v) is 37.6. The fraction of sp³-hybridized carbons (Fsp3) is 0.959. The molecule has 8 N–H and O–H groups in total. The van der Waals surface area contributed by atoms with E-state index in [2.05, 4.69) is 31.3 Å². The zero-order valence-electron chi connectivity index (χ0n) is 56.1. The Morgan fingerprint density at radius 1 is 0.400 bits per heavy atom. The average Bonchev–Trinajstić information content (AvgIpc) is 3.64. The molecule has 0 aromatic rings. The number of hydrogen-bond donors (Lipinski definition) is 8. The van der Waals surface area contributed by atoms with Crippen molar-refractivity contribution in [2.45, 2.75) is 441 Å². The highest BCUT2D eigenvalue weighted by molar-refractivity contribution is 5.80. The molecule has 1 aliphatic rings. The third-order valence-electron chi connectivity index (χ3n) is 18.6. The van der Waals surface area contributed by atoms with Gasteiger partial charge in [0.1, 0.15) is 36.6 Å². The quantitative estimate of drug-likeness (QED) is 0.0215. The Morgan fingerprint density at radius 2 is 0.694 bits per heavy atom. The Kier molecular flexibility index (Phi) is 60.7. The normalized spacial score (nSPS) is 18.8. The number of aliphatic hydroxyl groups is 7. The number of carbonyl (C=O) groups excluding carboxylic acids is 1. The third-order valence-corrected chi connectivity index (χ3v) is 18.6. The highest BCUT2D eigenvalue weighted by Gasteiger charge is 2.44. The van der Waals surface area contributed by atoms with E-state index in [4.69, 9.17) is 9.47 Å². The molecule has 11 heteroatoms. The smallest absolute Gasteiger partial charge is 0.249 e. The molecule has 0 aromatic carbocycles. The van der Waals surface area contributed by atoms with Crippen molar-refractivity contribution in [2.24, 2.45) is 0 Å². The van der Waals surface area contributed by atoms with Crippen LogP contribution in [0.3, 0.4) is 0 Å². The molecule has 0 spiro atoms. The number of allylic oxidation sites excluding steroid dienone is 2. The predicted molar refractivity (Wildman–Crippen MR) is 358 cm³/mol. The van der Waals surface area contributed by atoms with E-state index >= 15 is 0 Å². The monoisotopic (exact) mass is 1210 g/mol. The molecule has 0 bridgehead atoms. The number of nitrogens with one attached hydrogen (secondary N) is 1. The molecule has 0 radical (unpaired) electrons. The molecular formula is C74H145NO10. The molecule has 0 saturated carbocycles. The van der Waals surface area contributed by atoms with Crippen molar-refractivity contribution < 1.29 is 50.0 Å². The Labute approximate surface area is 525 Å². The Morgan fingerprint density at radius 3 is 1.01 bits per heavy atom. The van der Waals surface area contributed by atoms with Gasteiger partial charge in [0.25, 0.3) is 0 Å². The molecule has 1 fully saturated rings. The lowest BCUT2D eigenvalue weighted by Gasteiger charge is -2.40. The molecule has 85 heavy (non-hydrogen) atoms. The molecule has 1 aliphatic heterocycles. The second-order valence-corrected chi connectivity index (χ2v) is 26.7. The van der Waals surface area contributed by atoms with E-state index in [0.717, 1.165) is 38.5 Å². The zero-order chi connectivity index (χ0) is 61.7. The number of rotatable bonds is 67. The van der Waals surface area contributed by atoms with Crippen molar-refractivity contribution in [3.63, 3.8) is 0 Å². The lowest BCUT2D eigenvalue weighted by atomic mass is 9.98. The zero-order valence-corrected chi connectivity index (χ0v) is 56.1. The van der Waals surface area contributed by atoms with Gasteiger partial charge in [-0.05, 0) is 38.5 Å². The van der Waals surface area contributed by atoms with Crippen molar-refractivity contribution in [3.05, 3.63) is 12.2 Å². The van der Waals surface area contributed by atoms with Crippen molar-refractivity contribution in [1.82, 2.24) is 5.32 Å². The van der Waals surface area contributed by atoms with Crippen LogP contribution in [0.2, 0.25) is 0 Å². The molecule has 1 rings (SSSR count). The summed E-state index contributed by atoms with van der Waals surface area (Å²) in [5, 5.41) is 76.6. The van der Waals surface area contributed by atoms with Crippen LogP contribution < -0.4 is 5.32 Å². The first-order chi connectivity index (χ1) is 41.7. The van der Waals surface area contributed by atoms with E-state index in [1.54, 1.807) is 0 Å². The fourth-order valence-corrected chi connectivity index (χ4v) is 12.6. The van der Waals surface area contributed by atoms with Crippen molar-refractivity contribution in [3.8, 4) is 0 Å². The number of ether oxygens (including phenoxy) is 2. The van der Waals surface area contributed by atoms with Gasteiger partial charge in [0, 0.05) is 0 Å². The van der Waals surface area contributed by atoms with Gasteiger partial charge in [0.15, 0.2) is 6.29 Å². The van der Waals surface area contributed by atoms with E-state index < -0.39 is 74.2 Å². The van der Waals surface area contributed by atoms with Gasteiger partial charge in [-0.3, -0.25) is 4.79 Å². The summed E-state index contributed by atoms with van der Waals surface area (Å²) in [6.45, 7) is 3.52. The second-order valence-electron chi connectivity index (χ2n) is 26.7. The molecule has 1 saturated heterocycles. The molecule has 11 nitrogen and oxygen atoms in total. The van der Waals surface area contributed by atoms with Crippen LogP contribution in [0.5, 0.6) is 0 Å². The summed E-state index contributed by atoms with van der Waals surface area (Å²) >= 11 is 0. The number of carbonyl (C=O) groups is 1. The summed E-state index contributed by atoms with van der Waals surface area (Å²) in [7, 11) is 0. The van der Waals surface area contributed by atoms with Gasteiger partial charge in [-0.25, -0.2) is 0 Å². The van der Waals surface area contributed by atoms with E-state index in [1.807, 2.05) is 0 Å². The molecule has 506 valence electrons. The van der Waals surface area contributed by atoms with E-state index in [1.165, 1.54) is 308 Å². The standard InChI is InChI=1S/C74H145NO10/c1-3-5-7-9-11-13-15-17-19-21-23-25-27-29-31-32-33-34-35-36-38-40-42-44-46-48-50-52-54-56-58-60-62-67(78)73(83)75-65(64-84-74-72(82)71(81)70(80)68(63-76)85-74)69(79)66(77)61-59-57-55-53-51-49-47-45-43-41-39-37-30-28-26-24-22-20-18-16-14-12-10-8-6-4-2/h53,55,65-72,74,76-82H,3-52,54,56-64H2,1-2H3,(H,75,83)/b55-53+. The van der Waals surface area contributed by atoms with E-state index in [0.29, 0.717) is 12.8 Å². The molecule has 9 unspecified atom stereocenters. The van der Waals surface area contributed by atoms with Gasteiger partial charge in [-0.1, -0.05) is 360 Å². The van der Waals surface area contributed by atoms with Crippen LogP contribution in [0.25, 0.3) is 0 Å². The lowest BCUT2D eigenvalue weighted by molar-refractivity contribution is -0.303. The summed E-state index contributed by atoms with van der Waals surface area (Å²) in [5.41, 5.74) is 0. The second kappa shape index (κ2) is 63.0.